The van der Waals surface area contributed by atoms with Crippen LogP contribution in [0.5, 0.6) is 0 Å². The molecule has 0 radical (unpaired) electrons. The molecule has 0 amide bonds. The van der Waals surface area contributed by atoms with E-state index in [1.54, 1.807) is 0 Å². The Balaban J connectivity index is 2.82. The van der Waals surface area contributed by atoms with Crippen molar-refractivity contribution in [1.29, 1.82) is 5.26 Å². The number of carbonyl (C=O) groups excluding carboxylic acids is 1. The number of unbranched alkanes of at least 4 members (excludes halogenated alkanes) is 1. The molecule has 0 saturated carbocycles. The molecule has 19 heavy (non-hydrogen) atoms. The van der Waals surface area contributed by atoms with Crippen molar-refractivity contribution >= 4 is 11.8 Å². The van der Waals surface area contributed by atoms with E-state index in [1.165, 1.54) is 24.3 Å². The average molecular weight is 265 g/mol. The smallest absolute Gasteiger partial charge is 0.370 e. The first-order valence-electron chi connectivity index (χ1n) is 5.83. The molecule has 0 heterocycles. The Bertz CT molecular complexity index is 515. The summed E-state index contributed by atoms with van der Waals surface area (Å²) in [5, 5.41) is 8.58. The maximum absolute atomic E-state index is 13.6. The molecule has 1 rings (SSSR count). The van der Waals surface area contributed by atoms with Crippen LogP contribution < -0.4 is 0 Å². The fourth-order valence-corrected chi connectivity index (χ4v) is 1.28. The highest BCUT2D eigenvalue weighted by Gasteiger charge is 2.18. The molecule has 0 aliphatic carbocycles. The van der Waals surface area contributed by atoms with Gasteiger partial charge in [0.1, 0.15) is 0 Å². The van der Waals surface area contributed by atoms with Crippen LogP contribution in [0.3, 0.4) is 0 Å². The summed E-state index contributed by atoms with van der Waals surface area (Å²) >= 11 is 0. The summed E-state index contributed by atoms with van der Waals surface area (Å²) in [7, 11) is 0. The zero-order valence-corrected chi connectivity index (χ0v) is 10.5. The molecule has 1 aromatic rings. The normalized spacial score (nSPS) is 11.5. The Labute approximate surface area is 110 Å². The minimum Gasteiger partial charge on any atom is -0.460 e. The predicted octanol–water partition coefficient (Wildman–Crippen LogP) is 3.51. The summed E-state index contributed by atoms with van der Waals surface area (Å²) in [6, 6.07) is 6.99. The van der Waals surface area contributed by atoms with Gasteiger partial charge in [-0.2, -0.15) is 9.65 Å². The lowest BCUT2D eigenvalue weighted by Crippen LogP contribution is -2.07. The number of hydrogen-bond acceptors (Lipinski definition) is 3. The van der Waals surface area contributed by atoms with E-state index in [4.69, 9.17) is 5.26 Å². The molecular weight excluding hydrogens is 252 g/mol. The first kappa shape index (κ1) is 14.8. The van der Waals surface area contributed by atoms with Crippen LogP contribution in [0.4, 0.5) is 8.78 Å². The van der Waals surface area contributed by atoms with Crippen molar-refractivity contribution in [2.24, 2.45) is 0 Å². The van der Waals surface area contributed by atoms with E-state index in [1.807, 2.05) is 13.0 Å². The Morgan fingerprint density at radius 3 is 2.47 bits per heavy atom. The molecule has 0 spiro atoms. The second-order valence-corrected chi connectivity index (χ2v) is 3.81. The van der Waals surface area contributed by atoms with E-state index in [0.717, 1.165) is 6.42 Å². The van der Waals surface area contributed by atoms with E-state index in [9.17, 15) is 13.6 Å². The number of nitriles is 1. The largest absolute Gasteiger partial charge is 0.460 e. The third-order valence-corrected chi connectivity index (χ3v) is 2.37. The molecule has 3 nitrogen and oxygen atoms in total. The molecule has 0 saturated heterocycles. The van der Waals surface area contributed by atoms with Gasteiger partial charge >= 0.3 is 5.97 Å². The minimum absolute atomic E-state index is 0.0589. The Kier molecular flexibility index (Phi) is 5.68. The number of halogens is 2. The lowest BCUT2D eigenvalue weighted by molar-refractivity contribution is -0.140. The molecule has 0 fully saturated rings. The molecule has 0 N–H and O–H groups in total. The number of carbonyl (C=O) groups is 1. The number of benzene rings is 1. The van der Waals surface area contributed by atoms with E-state index in [0.29, 0.717) is 12.0 Å². The zero-order valence-electron chi connectivity index (χ0n) is 10.5. The van der Waals surface area contributed by atoms with Gasteiger partial charge in [-0.05, 0) is 18.6 Å². The van der Waals surface area contributed by atoms with Crippen LogP contribution in [-0.4, -0.2) is 12.6 Å². The maximum atomic E-state index is 13.6. The first-order valence-corrected chi connectivity index (χ1v) is 5.83. The van der Waals surface area contributed by atoms with E-state index in [2.05, 4.69) is 4.74 Å². The number of ether oxygens (including phenoxy) is 1. The van der Waals surface area contributed by atoms with Gasteiger partial charge in [-0.3, -0.25) is 0 Å². The van der Waals surface area contributed by atoms with Crippen molar-refractivity contribution in [2.75, 3.05) is 6.61 Å². The van der Waals surface area contributed by atoms with Crippen molar-refractivity contribution in [3.05, 3.63) is 41.2 Å². The van der Waals surface area contributed by atoms with Gasteiger partial charge in [-0.1, -0.05) is 25.5 Å². The van der Waals surface area contributed by atoms with E-state index < -0.39 is 17.6 Å². The van der Waals surface area contributed by atoms with Crippen molar-refractivity contribution in [3.8, 4) is 6.07 Å². The lowest BCUT2D eigenvalue weighted by Gasteiger charge is -2.03. The van der Waals surface area contributed by atoms with Crippen LogP contribution in [0.15, 0.2) is 30.1 Å². The predicted molar refractivity (Wildman–Crippen MR) is 66.2 cm³/mol. The molecule has 0 unspecified atom stereocenters. The molecule has 0 atom stereocenters. The Morgan fingerprint density at radius 2 is 1.95 bits per heavy atom. The number of rotatable bonds is 5. The summed E-state index contributed by atoms with van der Waals surface area (Å²) in [5.74, 6) is -4.15. The average Bonchev–Trinajstić information content (AvgIpc) is 2.46. The molecule has 100 valence electrons. The quantitative estimate of drug-likeness (QED) is 0.465. The van der Waals surface area contributed by atoms with Crippen molar-refractivity contribution in [1.82, 2.24) is 0 Å². The molecule has 0 bridgehead atoms. The topological polar surface area (TPSA) is 50.1 Å². The third kappa shape index (κ3) is 4.18. The Morgan fingerprint density at radius 1 is 1.32 bits per heavy atom. The van der Waals surface area contributed by atoms with Gasteiger partial charge in [0.2, 0.25) is 5.83 Å². The van der Waals surface area contributed by atoms with Gasteiger partial charge in [0.05, 0.1) is 18.2 Å². The summed E-state index contributed by atoms with van der Waals surface area (Å²) < 4.78 is 31.7. The first-order chi connectivity index (χ1) is 9.10. The van der Waals surface area contributed by atoms with Gasteiger partial charge in [-0.15, -0.1) is 0 Å². The second kappa shape index (κ2) is 7.27. The fourth-order valence-electron chi connectivity index (χ4n) is 1.28. The second-order valence-electron chi connectivity index (χ2n) is 3.81. The molecule has 5 heteroatoms. The van der Waals surface area contributed by atoms with Crippen molar-refractivity contribution in [2.45, 2.75) is 19.8 Å². The lowest BCUT2D eigenvalue weighted by atomic mass is 10.1. The third-order valence-electron chi connectivity index (χ3n) is 2.37. The van der Waals surface area contributed by atoms with E-state index >= 15 is 0 Å². The summed E-state index contributed by atoms with van der Waals surface area (Å²) in [6.07, 6.45) is 1.38. The van der Waals surface area contributed by atoms with Gasteiger partial charge in [-0.25, -0.2) is 9.18 Å². The van der Waals surface area contributed by atoms with Gasteiger partial charge < -0.3 is 4.74 Å². The fraction of sp³-hybridized carbons (Fsp3) is 0.286. The van der Waals surface area contributed by atoms with E-state index in [-0.39, 0.29) is 12.2 Å². The molecule has 0 aliphatic rings. The van der Waals surface area contributed by atoms with Crippen LogP contribution in [-0.2, 0) is 9.53 Å². The molecular formula is C14H13F2NO2. The SMILES string of the molecule is CCCCOC(=O)/C(F)=C(\F)c1ccc(C#N)cc1. The summed E-state index contributed by atoms with van der Waals surface area (Å²) in [4.78, 5) is 11.2. The van der Waals surface area contributed by atoms with Crippen molar-refractivity contribution < 1.29 is 18.3 Å². The number of hydrogen-bond donors (Lipinski definition) is 0. The zero-order chi connectivity index (χ0) is 14.3. The standard InChI is InChI=1S/C14H13F2NO2/c1-2-3-8-19-14(18)13(16)12(15)11-6-4-10(9-17)5-7-11/h4-7H,2-3,8H2,1H3/b13-12+. The van der Waals surface area contributed by atoms with Crippen LogP contribution in [0.1, 0.15) is 30.9 Å². The highest BCUT2D eigenvalue weighted by Crippen LogP contribution is 2.22. The monoisotopic (exact) mass is 265 g/mol. The van der Waals surface area contributed by atoms with Gasteiger partial charge in [0.25, 0.3) is 0 Å². The van der Waals surface area contributed by atoms with Crippen LogP contribution >= 0.6 is 0 Å². The maximum Gasteiger partial charge on any atom is 0.370 e. The van der Waals surface area contributed by atoms with Crippen LogP contribution in [0.25, 0.3) is 5.83 Å². The number of nitrogens with zero attached hydrogens (tertiary/aromatic N) is 1. The molecule has 0 aromatic heterocycles. The summed E-state index contributed by atoms with van der Waals surface area (Å²) in [5.41, 5.74) is 0.214. The Hall–Kier alpha value is -2.22. The molecule has 0 aliphatic heterocycles. The van der Waals surface area contributed by atoms with Crippen LogP contribution in [0, 0.1) is 11.3 Å². The van der Waals surface area contributed by atoms with Crippen LogP contribution in [0.2, 0.25) is 0 Å². The van der Waals surface area contributed by atoms with Gasteiger partial charge in [0, 0.05) is 5.56 Å². The van der Waals surface area contributed by atoms with Gasteiger partial charge in [0.15, 0.2) is 5.83 Å². The number of esters is 1. The molecule has 1 aromatic carbocycles. The minimum atomic E-state index is -1.55. The van der Waals surface area contributed by atoms with Crippen molar-refractivity contribution in [3.63, 3.8) is 0 Å². The highest BCUT2D eigenvalue weighted by atomic mass is 19.2. The summed E-state index contributed by atoms with van der Waals surface area (Å²) in [6.45, 7) is 1.95. The highest BCUT2D eigenvalue weighted by molar-refractivity contribution is 5.93.